The van der Waals surface area contributed by atoms with Crippen molar-refractivity contribution in [3.05, 3.63) is 41.9 Å². The van der Waals surface area contributed by atoms with Gasteiger partial charge >= 0.3 is 0 Å². The van der Waals surface area contributed by atoms with Gasteiger partial charge in [-0.05, 0) is 26.0 Å². The SMILES string of the molecule is Cc1nc(-c2cn3ccccc3n2)nc(N)c1C. The molecular weight excluding hydrogens is 226 g/mol. The van der Waals surface area contributed by atoms with Crippen molar-refractivity contribution in [1.82, 2.24) is 19.4 Å². The lowest BCUT2D eigenvalue weighted by atomic mass is 10.2. The maximum atomic E-state index is 5.87. The molecule has 3 aromatic heterocycles. The molecule has 5 heteroatoms. The third-order valence-electron chi connectivity index (χ3n) is 3.02. The van der Waals surface area contributed by atoms with Gasteiger partial charge in [-0.2, -0.15) is 0 Å². The van der Waals surface area contributed by atoms with E-state index in [4.69, 9.17) is 5.73 Å². The number of aryl methyl sites for hydroxylation is 1. The van der Waals surface area contributed by atoms with Gasteiger partial charge in [0, 0.05) is 23.7 Å². The number of pyridine rings is 1. The molecule has 5 nitrogen and oxygen atoms in total. The molecule has 0 fully saturated rings. The first-order valence-corrected chi connectivity index (χ1v) is 5.70. The van der Waals surface area contributed by atoms with E-state index in [1.54, 1.807) is 0 Å². The fourth-order valence-corrected chi connectivity index (χ4v) is 1.81. The lowest BCUT2D eigenvalue weighted by Crippen LogP contribution is -2.02. The first-order chi connectivity index (χ1) is 8.65. The Hall–Kier alpha value is -2.43. The van der Waals surface area contributed by atoms with Crippen LogP contribution < -0.4 is 5.73 Å². The minimum absolute atomic E-state index is 0.509. The molecule has 18 heavy (non-hydrogen) atoms. The Morgan fingerprint density at radius 3 is 2.67 bits per heavy atom. The average Bonchev–Trinajstić information content (AvgIpc) is 2.79. The molecule has 0 amide bonds. The van der Waals surface area contributed by atoms with Gasteiger partial charge in [0.25, 0.3) is 0 Å². The molecule has 3 rings (SSSR count). The molecule has 0 saturated heterocycles. The number of imidazole rings is 1. The van der Waals surface area contributed by atoms with E-state index in [0.717, 1.165) is 22.6 Å². The van der Waals surface area contributed by atoms with Gasteiger partial charge in [-0.25, -0.2) is 15.0 Å². The zero-order chi connectivity index (χ0) is 12.7. The second kappa shape index (κ2) is 3.80. The second-order valence-corrected chi connectivity index (χ2v) is 4.24. The van der Waals surface area contributed by atoms with Gasteiger partial charge in [0.2, 0.25) is 0 Å². The van der Waals surface area contributed by atoms with E-state index < -0.39 is 0 Å². The number of nitrogen functional groups attached to an aromatic ring is 1. The van der Waals surface area contributed by atoms with Crippen LogP contribution in [0.4, 0.5) is 5.82 Å². The van der Waals surface area contributed by atoms with Crippen molar-refractivity contribution in [2.24, 2.45) is 0 Å². The van der Waals surface area contributed by atoms with Crippen molar-refractivity contribution in [3.63, 3.8) is 0 Å². The molecule has 0 spiro atoms. The summed E-state index contributed by atoms with van der Waals surface area (Å²) in [5, 5.41) is 0. The van der Waals surface area contributed by atoms with Gasteiger partial charge < -0.3 is 10.1 Å². The first-order valence-electron chi connectivity index (χ1n) is 5.70. The van der Waals surface area contributed by atoms with E-state index in [0.29, 0.717) is 11.6 Å². The molecule has 0 radical (unpaired) electrons. The Balaban J connectivity index is 2.20. The Labute approximate surface area is 104 Å². The minimum Gasteiger partial charge on any atom is -0.383 e. The molecule has 0 unspecified atom stereocenters. The van der Waals surface area contributed by atoms with E-state index in [1.165, 1.54) is 0 Å². The van der Waals surface area contributed by atoms with Crippen LogP contribution in [-0.2, 0) is 0 Å². The summed E-state index contributed by atoms with van der Waals surface area (Å²) in [6.07, 6.45) is 3.84. The van der Waals surface area contributed by atoms with Crippen LogP contribution in [0.25, 0.3) is 17.2 Å². The van der Waals surface area contributed by atoms with Crippen molar-refractivity contribution >= 4 is 11.5 Å². The summed E-state index contributed by atoms with van der Waals surface area (Å²) >= 11 is 0. The van der Waals surface area contributed by atoms with Crippen molar-refractivity contribution < 1.29 is 0 Å². The Bertz CT molecular complexity index is 673. The molecule has 2 N–H and O–H groups in total. The van der Waals surface area contributed by atoms with Gasteiger partial charge in [-0.1, -0.05) is 6.07 Å². The molecule has 0 aromatic carbocycles. The second-order valence-electron chi connectivity index (χ2n) is 4.24. The third-order valence-corrected chi connectivity index (χ3v) is 3.02. The highest BCUT2D eigenvalue weighted by Gasteiger charge is 2.10. The quantitative estimate of drug-likeness (QED) is 0.705. The summed E-state index contributed by atoms with van der Waals surface area (Å²) in [4.78, 5) is 13.2. The number of aromatic nitrogens is 4. The van der Waals surface area contributed by atoms with Crippen LogP contribution in [0.5, 0.6) is 0 Å². The number of fused-ring (bicyclic) bond motifs is 1. The summed E-state index contributed by atoms with van der Waals surface area (Å²) in [5.41, 5.74) is 9.27. The maximum Gasteiger partial charge on any atom is 0.182 e. The summed E-state index contributed by atoms with van der Waals surface area (Å²) in [5.74, 6) is 1.08. The molecule has 0 aliphatic rings. The topological polar surface area (TPSA) is 69.1 Å². The maximum absolute atomic E-state index is 5.87. The Kier molecular flexibility index (Phi) is 2.26. The Morgan fingerprint density at radius 1 is 1.11 bits per heavy atom. The van der Waals surface area contributed by atoms with Gasteiger partial charge in [0.15, 0.2) is 5.82 Å². The van der Waals surface area contributed by atoms with Crippen LogP contribution in [-0.4, -0.2) is 19.4 Å². The number of rotatable bonds is 1. The zero-order valence-corrected chi connectivity index (χ0v) is 10.3. The number of nitrogens with two attached hydrogens (primary N) is 1. The zero-order valence-electron chi connectivity index (χ0n) is 10.3. The highest BCUT2D eigenvalue weighted by Crippen LogP contribution is 2.19. The highest BCUT2D eigenvalue weighted by atomic mass is 15.0. The van der Waals surface area contributed by atoms with Crippen molar-refractivity contribution in [2.75, 3.05) is 5.73 Å². The first kappa shape index (κ1) is 10.7. The number of nitrogens with zero attached hydrogens (tertiary/aromatic N) is 4. The predicted molar refractivity (Wildman–Crippen MR) is 70.1 cm³/mol. The van der Waals surface area contributed by atoms with Crippen LogP contribution in [0.3, 0.4) is 0 Å². The number of anilines is 1. The summed E-state index contributed by atoms with van der Waals surface area (Å²) < 4.78 is 1.93. The highest BCUT2D eigenvalue weighted by molar-refractivity contribution is 5.58. The molecule has 0 saturated carbocycles. The van der Waals surface area contributed by atoms with Crippen LogP contribution in [0.1, 0.15) is 11.3 Å². The average molecular weight is 239 g/mol. The molecule has 3 heterocycles. The lowest BCUT2D eigenvalue weighted by molar-refractivity contribution is 1.07. The van der Waals surface area contributed by atoms with Crippen LogP contribution in [0.15, 0.2) is 30.6 Å². The fraction of sp³-hybridized carbons (Fsp3) is 0.154. The Morgan fingerprint density at radius 2 is 1.94 bits per heavy atom. The van der Waals surface area contributed by atoms with E-state index >= 15 is 0 Å². The van der Waals surface area contributed by atoms with E-state index in [1.807, 2.05) is 48.8 Å². The van der Waals surface area contributed by atoms with Gasteiger partial charge in [-0.15, -0.1) is 0 Å². The summed E-state index contributed by atoms with van der Waals surface area (Å²) in [6.45, 7) is 3.84. The van der Waals surface area contributed by atoms with Gasteiger partial charge in [0.05, 0.1) is 0 Å². The van der Waals surface area contributed by atoms with Gasteiger partial charge in [-0.3, -0.25) is 0 Å². The van der Waals surface area contributed by atoms with E-state index in [-0.39, 0.29) is 0 Å². The molecule has 0 atom stereocenters. The summed E-state index contributed by atoms with van der Waals surface area (Å²) in [6, 6.07) is 5.84. The molecule has 0 aliphatic heterocycles. The molecule has 3 aromatic rings. The van der Waals surface area contributed by atoms with Crippen LogP contribution in [0.2, 0.25) is 0 Å². The largest absolute Gasteiger partial charge is 0.383 e. The normalized spacial score (nSPS) is 11.0. The third kappa shape index (κ3) is 1.60. The van der Waals surface area contributed by atoms with Crippen molar-refractivity contribution in [1.29, 1.82) is 0 Å². The molecule has 0 aliphatic carbocycles. The van der Waals surface area contributed by atoms with Crippen LogP contribution >= 0.6 is 0 Å². The smallest absolute Gasteiger partial charge is 0.182 e. The monoisotopic (exact) mass is 239 g/mol. The predicted octanol–water partition coefficient (Wildman–Crippen LogP) is 1.99. The fourth-order valence-electron chi connectivity index (χ4n) is 1.81. The van der Waals surface area contributed by atoms with Crippen molar-refractivity contribution in [2.45, 2.75) is 13.8 Å². The van der Waals surface area contributed by atoms with Crippen molar-refractivity contribution in [3.8, 4) is 11.5 Å². The van der Waals surface area contributed by atoms with E-state index in [2.05, 4.69) is 15.0 Å². The minimum atomic E-state index is 0.509. The van der Waals surface area contributed by atoms with Crippen LogP contribution in [0, 0.1) is 13.8 Å². The van der Waals surface area contributed by atoms with Gasteiger partial charge in [0.1, 0.15) is 17.2 Å². The molecule has 90 valence electrons. The number of hydrogen-bond donors (Lipinski definition) is 1. The lowest BCUT2D eigenvalue weighted by Gasteiger charge is -2.04. The standard InChI is InChI=1S/C13H13N5/c1-8-9(2)15-13(17-12(8)14)10-7-18-6-4-3-5-11(18)16-10/h3-7H,1-2H3,(H2,14,15,17). The molecular formula is C13H13N5. The number of hydrogen-bond acceptors (Lipinski definition) is 4. The molecule has 0 bridgehead atoms. The summed E-state index contributed by atoms with van der Waals surface area (Å²) in [7, 11) is 0. The van der Waals surface area contributed by atoms with E-state index in [9.17, 15) is 0 Å².